The summed E-state index contributed by atoms with van der Waals surface area (Å²) in [7, 11) is 0. The third kappa shape index (κ3) is 2.12. The summed E-state index contributed by atoms with van der Waals surface area (Å²) in [6.45, 7) is 1.70. The predicted octanol–water partition coefficient (Wildman–Crippen LogP) is 2.08. The molecule has 0 radical (unpaired) electrons. The summed E-state index contributed by atoms with van der Waals surface area (Å²) < 4.78 is 0. The van der Waals surface area contributed by atoms with Gasteiger partial charge in [-0.25, -0.2) is 0 Å². The van der Waals surface area contributed by atoms with Crippen molar-refractivity contribution in [3.63, 3.8) is 0 Å². The molecule has 0 unspecified atom stereocenters. The van der Waals surface area contributed by atoms with E-state index in [1.165, 1.54) is 5.56 Å². The summed E-state index contributed by atoms with van der Waals surface area (Å²) in [5, 5.41) is 12.2. The first kappa shape index (κ1) is 9.23. The first-order chi connectivity index (χ1) is 6.85. The van der Waals surface area contributed by atoms with E-state index in [0.717, 1.165) is 25.9 Å². The minimum atomic E-state index is -0.0330. The average Bonchev–Trinajstić information content (AvgIpc) is 3.00. The number of hydrogen-bond donors (Lipinski definition) is 1. The van der Waals surface area contributed by atoms with Crippen molar-refractivity contribution in [3.8, 4) is 6.07 Å². The molecule has 0 bridgehead atoms. The molecule has 2 heteroatoms. The maximum atomic E-state index is 8.86. The number of nitriles is 1. The molecule has 1 aliphatic rings. The second kappa shape index (κ2) is 3.81. The molecule has 72 valence electrons. The minimum Gasteiger partial charge on any atom is -0.311 e. The van der Waals surface area contributed by atoms with Crippen molar-refractivity contribution >= 4 is 0 Å². The Morgan fingerprint density at radius 1 is 1.29 bits per heavy atom. The monoisotopic (exact) mass is 186 g/mol. The SMILES string of the molecule is N#CC1(CNCc2ccccc2)CC1. The van der Waals surface area contributed by atoms with Gasteiger partial charge in [-0.05, 0) is 18.4 Å². The summed E-state index contributed by atoms with van der Waals surface area (Å²) in [6.07, 6.45) is 2.12. The van der Waals surface area contributed by atoms with Gasteiger partial charge in [-0.15, -0.1) is 0 Å². The fraction of sp³-hybridized carbons (Fsp3) is 0.417. The molecular weight excluding hydrogens is 172 g/mol. The van der Waals surface area contributed by atoms with Crippen LogP contribution in [0.4, 0.5) is 0 Å². The van der Waals surface area contributed by atoms with Gasteiger partial charge in [0, 0.05) is 13.1 Å². The van der Waals surface area contributed by atoms with Gasteiger partial charge in [-0.3, -0.25) is 0 Å². The maximum absolute atomic E-state index is 8.86. The van der Waals surface area contributed by atoms with Crippen LogP contribution in [0.25, 0.3) is 0 Å². The van der Waals surface area contributed by atoms with Gasteiger partial charge < -0.3 is 5.32 Å². The summed E-state index contributed by atoms with van der Waals surface area (Å²) >= 11 is 0. The molecule has 0 aliphatic heterocycles. The molecule has 2 rings (SSSR count). The highest BCUT2D eigenvalue weighted by molar-refractivity contribution is 5.15. The number of hydrogen-bond acceptors (Lipinski definition) is 2. The molecule has 0 saturated heterocycles. The fourth-order valence-corrected chi connectivity index (χ4v) is 1.52. The molecule has 0 amide bonds. The topological polar surface area (TPSA) is 35.8 Å². The molecule has 1 fully saturated rings. The van der Waals surface area contributed by atoms with E-state index in [9.17, 15) is 0 Å². The lowest BCUT2D eigenvalue weighted by molar-refractivity contribution is 0.558. The van der Waals surface area contributed by atoms with Crippen LogP contribution in [0.3, 0.4) is 0 Å². The largest absolute Gasteiger partial charge is 0.311 e. The normalized spacial score (nSPS) is 17.4. The van der Waals surface area contributed by atoms with Crippen LogP contribution in [0.5, 0.6) is 0 Å². The van der Waals surface area contributed by atoms with E-state index in [0.29, 0.717) is 0 Å². The Balaban J connectivity index is 1.77. The van der Waals surface area contributed by atoms with Gasteiger partial charge >= 0.3 is 0 Å². The Kier molecular flexibility index (Phi) is 2.51. The van der Waals surface area contributed by atoms with Gasteiger partial charge in [0.15, 0.2) is 0 Å². The molecule has 1 aromatic carbocycles. The Hall–Kier alpha value is -1.33. The minimum absolute atomic E-state index is 0.0330. The van der Waals surface area contributed by atoms with E-state index in [1.807, 2.05) is 18.2 Å². The molecule has 1 aromatic rings. The van der Waals surface area contributed by atoms with Crippen LogP contribution in [0, 0.1) is 16.7 Å². The van der Waals surface area contributed by atoms with Crippen LogP contribution in [-0.2, 0) is 6.54 Å². The number of benzene rings is 1. The van der Waals surface area contributed by atoms with Gasteiger partial charge in [0.2, 0.25) is 0 Å². The van der Waals surface area contributed by atoms with Crippen molar-refractivity contribution in [1.82, 2.24) is 5.32 Å². The lowest BCUT2D eigenvalue weighted by atomic mass is 10.1. The van der Waals surface area contributed by atoms with Crippen LogP contribution >= 0.6 is 0 Å². The number of nitrogens with zero attached hydrogens (tertiary/aromatic N) is 1. The van der Waals surface area contributed by atoms with Crippen molar-refractivity contribution in [3.05, 3.63) is 35.9 Å². The Morgan fingerprint density at radius 3 is 2.57 bits per heavy atom. The van der Waals surface area contributed by atoms with E-state index in [4.69, 9.17) is 5.26 Å². The highest BCUT2D eigenvalue weighted by atomic mass is 14.9. The molecule has 0 spiro atoms. The predicted molar refractivity (Wildman–Crippen MR) is 55.4 cm³/mol. The average molecular weight is 186 g/mol. The number of nitrogens with one attached hydrogen (secondary N) is 1. The van der Waals surface area contributed by atoms with Crippen LogP contribution in [0.15, 0.2) is 30.3 Å². The lowest BCUT2D eigenvalue weighted by Gasteiger charge is -2.07. The van der Waals surface area contributed by atoms with Crippen molar-refractivity contribution in [2.45, 2.75) is 19.4 Å². The maximum Gasteiger partial charge on any atom is 0.0703 e. The highest BCUT2D eigenvalue weighted by Gasteiger charge is 2.42. The molecular formula is C12H14N2. The molecule has 0 atom stereocenters. The van der Waals surface area contributed by atoms with Crippen LogP contribution in [-0.4, -0.2) is 6.54 Å². The van der Waals surface area contributed by atoms with E-state index in [2.05, 4.69) is 23.5 Å². The van der Waals surface area contributed by atoms with E-state index >= 15 is 0 Å². The molecule has 0 heterocycles. The van der Waals surface area contributed by atoms with Crippen molar-refractivity contribution in [2.75, 3.05) is 6.54 Å². The smallest absolute Gasteiger partial charge is 0.0703 e. The van der Waals surface area contributed by atoms with E-state index in [-0.39, 0.29) is 5.41 Å². The second-order valence-electron chi connectivity index (χ2n) is 3.98. The lowest BCUT2D eigenvalue weighted by Crippen LogP contribution is -2.22. The first-order valence-electron chi connectivity index (χ1n) is 5.01. The second-order valence-corrected chi connectivity index (χ2v) is 3.98. The van der Waals surface area contributed by atoms with Crippen molar-refractivity contribution in [2.24, 2.45) is 5.41 Å². The van der Waals surface area contributed by atoms with Gasteiger partial charge in [0.05, 0.1) is 11.5 Å². The van der Waals surface area contributed by atoms with Crippen molar-refractivity contribution < 1.29 is 0 Å². The van der Waals surface area contributed by atoms with Gasteiger partial charge in [0.25, 0.3) is 0 Å². The molecule has 1 N–H and O–H groups in total. The van der Waals surface area contributed by atoms with Gasteiger partial charge in [-0.1, -0.05) is 30.3 Å². The fourth-order valence-electron chi connectivity index (χ4n) is 1.52. The summed E-state index contributed by atoms with van der Waals surface area (Å²) in [5.41, 5.74) is 1.25. The van der Waals surface area contributed by atoms with Crippen LogP contribution in [0.2, 0.25) is 0 Å². The summed E-state index contributed by atoms with van der Waals surface area (Å²) in [5.74, 6) is 0. The molecule has 1 saturated carbocycles. The van der Waals surface area contributed by atoms with Gasteiger partial charge in [-0.2, -0.15) is 5.26 Å². The Labute approximate surface area is 84.6 Å². The number of rotatable bonds is 4. The molecule has 2 nitrogen and oxygen atoms in total. The standard InChI is InChI=1S/C12H14N2/c13-9-12(6-7-12)10-14-8-11-4-2-1-3-5-11/h1-5,14H,6-8,10H2. The zero-order chi connectivity index (χ0) is 9.86. The molecule has 0 aromatic heterocycles. The third-order valence-corrected chi connectivity index (χ3v) is 2.73. The summed E-state index contributed by atoms with van der Waals surface area (Å²) in [4.78, 5) is 0. The zero-order valence-electron chi connectivity index (χ0n) is 8.16. The highest BCUT2D eigenvalue weighted by Crippen LogP contribution is 2.44. The molecule has 14 heavy (non-hydrogen) atoms. The van der Waals surface area contributed by atoms with Crippen LogP contribution < -0.4 is 5.32 Å². The van der Waals surface area contributed by atoms with E-state index in [1.54, 1.807) is 0 Å². The first-order valence-corrected chi connectivity index (χ1v) is 5.01. The van der Waals surface area contributed by atoms with Crippen molar-refractivity contribution in [1.29, 1.82) is 5.26 Å². The quantitative estimate of drug-likeness (QED) is 0.781. The molecule has 1 aliphatic carbocycles. The zero-order valence-corrected chi connectivity index (χ0v) is 8.16. The Bertz CT molecular complexity index is 333. The summed E-state index contributed by atoms with van der Waals surface area (Å²) in [6, 6.07) is 12.7. The Morgan fingerprint density at radius 2 is 2.00 bits per heavy atom. The third-order valence-electron chi connectivity index (χ3n) is 2.73. The van der Waals surface area contributed by atoms with E-state index < -0.39 is 0 Å². The van der Waals surface area contributed by atoms with Crippen LogP contribution in [0.1, 0.15) is 18.4 Å². The van der Waals surface area contributed by atoms with Gasteiger partial charge in [0.1, 0.15) is 0 Å².